The van der Waals surface area contributed by atoms with Crippen LogP contribution in [0.25, 0.3) is 0 Å². The Bertz CT molecular complexity index is 454. The molecule has 112 valence electrons. The summed E-state index contributed by atoms with van der Waals surface area (Å²) < 4.78 is 0. The van der Waals surface area contributed by atoms with Crippen molar-refractivity contribution in [2.24, 2.45) is 16.7 Å². The summed E-state index contributed by atoms with van der Waals surface area (Å²) in [5.74, 6) is 0.616. The maximum atomic E-state index is 12.7. The molecular formula is C19H30O. The van der Waals surface area contributed by atoms with E-state index in [0.717, 1.165) is 0 Å². The van der Waals surface area contributed by atoms with E-state index in [2.05, 4.69) is 58.9 Å². The Morgan fingerprint density at radius 1 is 0.950 bits per heavy atom. The number of hydrogen-bond donors (Lipinski definition) is 0. The van der Waals surface area contributed by atoms with Gasteiger partial charge in [-0.15, -0.1) is 0 Å². The first-order valence-corrected chi connectivity index (χ1v) is 7.55. The van der Waals surface area contributed by atoms with Crippen molar-refractivity contribution in [1.82, 2.24) is 0 Å². The van der Waals surface area contributed by atoms with E-state index >= 15 is 0 Å². The van der Waals surface area contributed by atoms with Gasteiger partial charge >= 0.3 is 0 Å². The van der Waals surface area contributed by atoms with E-state index in [-0.39, 0.29) is 22.7 Å². The van der Waals surface area contributed by atoms with Crippen molar-refractivity contribution < 1.29 is 4.79 Å². The zero-order valence-electron chi connectivity index (χ0n) is 14.4. The molecule has 1 nitrogen and oxygen atoms in total. The third-order valence-corrected chi connectivity index (χ3v) is 4.02. The average Bonchev–Trinajstić information content (AvgIpc) is 2.28. The second kappa shape index (κ2) is 5.71. The number of ketones is 1. The SMILES string of the molecule is Cc1ccc([C@H](C(C)C(=O)C(C)(C)C)C(C)(C)C)cc1. The lowest BCUT2D eigenvalue weighted by Gasteiger charge is -2.37. The molecule has 0 amide bonds. The Morgan fingerprint density at radius 2 is 1.40 bits per heavy atom. The van der Waals surface area contributed by atoms with Crippen LogP contribution in [0.3, 0.4) is 0 Å². The molecule has 0 aromatic heterocycles. The molecule has 0 heterocycles. The summed E-state index contributed by atoms with van der Waals surface area (Å²) in [4.78, 5) is 12.7. The number of carbonyl (C=O) groups excluding carboxylic acids is 1. The largest absolute Gasteiger partial charge is 0.299 e. The van der Waals surface area contributed by atoms with Crippen molar-refractivity contribution >= 4 is 5.78 Å². The highest BCUT2D eigenvalue weighted by Crippen LogP contribution is 2.43. The molecule has 0 saturated carbocycles. The first kappa shape index (κ1) is 16.9. The number of rotatable bonds is 3. The van der Waals surface area contributed by atoms with Gasteiger partial charge in [0, 0.05) is 11.3 Å². The Hall–Kier alpha value is -1.11. The fourth-order valence-electron chi connectivity index (χ4n) is 3.15. The van der Waals surface area contributed by atoms with Crippen LogP contribution in [0.1, 0.15) is 65.5 Å². The molecule has 0 radical (unpaired) electrons. The van der Waals surface area contributed by atoms with Gasteiger partial charge in [-0.25, -0.2) is 0 Å². The van der Waals surface area contributed by atoms with Gasteiger partial charge in [-0.1, -0.05) is 78.3 Å². The number of benzene rings is 1. The van der Waals surface area contributed by atoms with Crippen molar-refractivity contribution in [1.29, 1.82) is 0 Å². The molecule has 0 saturated heterocycles. The molecule has 20 heavy (non-hydrogen) atoms. The molecule has 1 rings (SSSR count). The molecule has 0 N–H and O–H groups in total. The number of hydrogen-bond acceptors (Lipinski definition) is 1. The molecule has 1 aromatic rings. The molecule has 0 bridgehead atoms. The normalized spacial score (nSPS) is 15.8. The van der Waals surface area contributed by atoms with Crippen molar-refractivity contribution in [3.8, 4) is 0 Å². The number of carbonyl (C=O) groups is 1. The second-order valence-corrected chi connectivity index (χ2v) is 8.16. The molecule has 0 aliphatic rings. The Balaban J connectivity index is 3.21. The maximum Gasteiger partial charge on any atom is 0.141 e. The lowest BCUT2D eigenvalue weighted by molar-refractivity contribution is -0.131. The van der Waals surface area contributed by atoms with Gasteiger partial charge in [-0.2, -0.15) is 0 Å². The maximum absolute atomic E-state index is 12.7. The van der Waals surface area contributed by atoms with E-state index in [1.165, 1.54) is 11.1 Å². The molecule has 1 aromatic carbocycles. The lowest BCUT2D eigenvalue weighted by Crippen LogP contribution is -2.35. The standard InChI is InChI=1S/C19H30O/c1-13-9-11-15(12-10-13)16(18(3,4)5)14(2)17(20)19(6,7)8/h9-12,14,16H,1-8H3/t14?,16-/m0/s1. The van der Waals surface area contributed by atoms with E-state index in [1.54, 1.807) is 0 Å². The van der Waals surface area contributed by atoms with E-state index in [9.17, 15) is 4.79 Å². The zero-order valence-corrected chi connectivity index (χ0v) is 14.4. The van der Waals surface area contributed by atoms with Gasteiger partial charge in [0.1, 0.15) is 5.78 Å². The molecule has 0 fully saturated rings. The summed E-state index contributed by atoms with van der Waals surface area (Å²) in [5.41, 5.74) is 2.31. The van der Waals surface area contributed by atoms with Crippen LogP contribution in [-0.4, -0.2) is 5.78 Å². The fourth-order valence-corrected chi connectivity index (χ4v) is 3.15. The monoisotopic (exact) mass is 274 g/mol. The third-order valence-electron chi connectivity index (χ3n) is 4.02. The Labute approximate surface area is 124 Å². The van der Waals surface area contributed by atoms with Gasteiger partial charge in [-0.05, 0) is 23.8 Å². The van der Waals surface area contributed by atoms with Gasteiger partial charge in [-0.3, -0.25) is 4.79 Å². The van der Waals surface area contributed by atoms with Crippen LogP contribution >= 0.6 is 0 Å². The summed E-state index contributed by atoms with van der Waals surface area (Å²) in [6.07, 6.45) is 0. The van der Waals surface area contributed by atoms with Crippen molar-refractivity contribution in [2.45, 2.75) is 61.3 Å². The summed E-state index contributed by atoms with van der Waals surface area (Å²) in [5, 5.41) is 0. The zero-order chi connectivity index (χ0) is 15.7. The molecule has 0 aliphatic carbocycles. The van der Waals surface area contributed by atoms with Crippen LogP contribution in [0.2, 0.25) is 0 Å². The van der Waals surface area contributed by atoms with Gasteiger partial charge in [0.2, 0.25) is 0 Å². The lowest BCUT2D eigenvalue weighted by atomic mass is 9.66. The highest BCUT2D eigenvalue weighted by molar-refractivity contribution is 5.86. The third kappa shape index (κ3) is 3.94. The van der Waals surface area contributed by atoms with Crippen molar-refractivity contribution in [2.75, 3.05) is 0 Å². The Morgan fingerprint density at radius 3 is 1.75 bits per heavy atom. The highest BCUT2D eigenvalue weighted by atomic mass is 16.1. The molecule has 1 heteroatoms. The predicted molar refractivity (Wildman–Crippen MR) is 87.0 cm³/mol. The van der Waals surface area contributed by atoms with Gasteiger partial charge in [0.05, 0.1) is 0 Å². The van der Waals surface area contributed by atoms with E-state index in [0.29, 0.717) is 5.78 Å². The molecule has 0 spiro atoms. The molecule has 0 aliphatic heterocycles. The average molecular weight is 274 g/mol. The number of Topliss-reactive ketones (excluding diaryl/α,β-unsaturated/α-hetero) is 1. The molecule has 2 atom stereocenters. The fraction of sp³-hybridized carbons (Fsp3) is 0.632. The van der Waals surface area contributed by atoms with E-state index in [4.69, 9.17) is 0 Å². The quantitative estimate of drug-likeness (QED) is 0.723. The predicted octanol–water partition coefficient (Wildman–Crippen LogP) is 5.38. The molecular weight excluding hydrogens is 244 g/mol. The first-order chi connectivity index (χ1) is 8.94. The van der Waals surface area contributed by atoms with Crippen LogP contribution in [0.4, 0.5) is 0 Å². The van der Waals surface area contributed by atoms with Gasteiger partial charge in [0.15, 0.2) is 0 Å². The highest BCUT2D eigenvalue weighted by Gasteiger charge is 2.38. The minimum absolute atomic E-state index is 0.0257. The summed E-state index contributed by atoms with van der Waals surface area (Å²) in [6.45, 7) is 16.9. The minimum Gasteiger partial charge on any atom is -0.299 e. The van der Waals surface area contributed by atoms with Crippen LogP contribution < -0.4 is 0 Å². The summed E-state index contributed by atoms with van der Waals surface area (Å²) in [6, 6.07) is 8.64. The van der Waals surface area contributed by atoms with Crippen molar-refractivity contribution in [3.63, 3.8) is 0 Å². The van der Waals surface area contributed by atoms with Crippen LogP contribution in [0.15, 0.2) is 24.3 Å². The number of aryl methyl sites for hydroxylation is 1. The van der Waals surface area contributed by atoms with Crippen molar-refractivity contribution in [3.05, 3.63) is 35.4 Å². The minimum atomic E-state index is -0.284. The van der Waals surface area contributed by atoms with E-state index < -0.39 is 0 Å². The van der Waals surface area contributed by atoms with E-state index in [1.807, 2.05) is 20.8 Å². The Kier molecular flexibility index (Phi) is 4.84. The first-order valence-electron chi connectivity index (χ1n) is 7.55. The summed E-state index contributed by atoms with van der Waals surface area (Å²) in [7, 11) is 0. The topological polar surface area (TPSA) is 17.1 Å². The van der Waals surface area contributed by atoms with Crippen LogP contribution in [0.5, 0.6) is 0 Å². The smallest absolute Gasteiger partial charge is 0.141 e. The summed E-state index contributed by atoms with van der Waals surface area (Å²) >= 11 is 0. The second-order valence-electron chi connectivity index (χ2n) is 8.16. The van der Waals surface area contributed by atoms with Crippen LogP contribution in [-0.2, 0) is 4.79 Å². The van der Waals surface area contributed by atoms with Gasteiger partial charge < -0.3 is 0 Å². The van der Waals surface area contributed by atoms with Crippen LogP contribution in [0, 0.1) is 23.7 Å². The molecule has 1 unspecified atom stereocenters. The van der Waals surface area contributed by atoms with Gasteiger partial charge in [0.25, 0.3) is 0 Å².